The summed E-state index contributed by atoms with van der Waals surface area (Å²) < 4.78 is 1.52. The van der Waals surface area contributed by atoms with Gasteiger partial charge in [-0.05, 0) is 18.2 Å². The second kappa shape index (κ2) is 5.68. The number of halogens is 1. The molecule has 0 saturated carbocycles. The highest BCUT2D eigenvalue weighted by Gasteiger charge is 2.07. The van der Waals surface area contributed by atoms with E-state index in [4.69, 9.17) is 11.6 Å². The van der Waals surface area contributed by atoms with Crippen molar-refractivity contribution in [1.29, 1.82) is 0 Å². The molecule has 0 radical (unpaired) electrons. The Hall–Kier alpha value is -2.38. The largest absolute Gasteiger partial charge is 0.331 e. The number of imidazole rings is 1. The van der Waals surface area contributed by atoms with Gasteiger partial charge in [-0.25, -0.2) is 15.0 Å². The second-order valence-electron chi connectivity index (χ2n) is 4.87. The molecule has 0 aliphatic carbocycles. The van der Waals surface area contributed by atoms with E-state index in [9.17, 15) is 4.79 Å². The van der Waals surface area contributed by atoms with Crippen LogP contribution in [0.15, 0.2) is 52.7 Å². The van der Waals surface area contributed by atoms with Gasteiger partial charge in [-0.3, -0.25) is 9.20 Å². The quantitative estimate of drug-likeness (QED) is 0.579. The summed E-state index contributed by atoms with van der Waals surface area (Å²) in [6, 6.07) is 8.78. The van der Waals surface area contributed by atoms with Crippen molar-refractivity contribution >= 4 is 40.2 Å². The summed E-state index contributed by atoms with van der Waals surface area (Å²) in [5.74, 6) is 0.536. The average molecular weight is 344 g/mol. The fraction of sp³-hybridized carbons (Fsp3) is 0.0667. The molecule has 0 amide bonds. The van der Waals surface area contributed by atoms with Gasteiger partial charge in [0, 0.05) is 24.2 Å². The van der Waals surface area contributed by atoms with Crippen molar-refractivity contribution in [2.45, 2.75) is 10.9 Å². The summed E-state index contributed by atoms with van der Waals surface area (Å²) in [5, 5.41) is 1.27. The van der Waals surface area contributed by atoms with E-state index in [1.807, 2.05) is 12.1 Å². The molecule has 0 atom stereocenters. The Bertz CT molecular complexity index is 1070. The lowest BCUT2D eigenvalue weighted by Crippen LogP contribution is -2.14. The smallest absolute Gasteiger partial charge is 0.258 e. The molecule has 0 aliphatic heterocycles. The molecule has 1 N–H and O–H groups in total. The number of thioether (sulfide) groups is 1. The third-order valence-corrected chi connectivity index (χ3v) is 4.38. The summed E-state index contributed by atoms with van der Waals surface area (Å²) in [6.07, 6.45) is 3.27. The molecular formula is C15H10ClN5OS. The molecule has 8 heteroatoms. The summed E-state index contributed by atoms with van der Waals surface area (Å²) in [5.41, 5.74) is 2.64. The lowest BCUT2D eigenvalue weighted by molar-refractivity contribution is 1.01. The number of nitrogens with zero attached hydrogens (tertiary/aromatic N) is 4. The Kier molecular flexibility index (Phi) is 3.51. The zero-order valence-electron chi connectivity index (χ0n) is 11.7. The van der Waals surface area contributed by atoms with Crippen molar-refractivity contribution in [1.82, 2.24) is 24.3 Å². The summed E-state index contributed by atoms with van der Waals surface area (Å²) in [7, 11) is 0. The first kappa shape index (κ1) is 14.2. The zero-order chi connectivity index (χ0) is 15.8. The number of rotatable bonds is 3. The third kappa shape index (κ3) is 2.80. The molecule has 0 bridgehead atoms. The van der Waals surface area contributed by atoms with Crippen LogP contribution < -0.4 is 5.56 Å². The number of fused-ring (bicyclic) bond motifs is 2. The summed E-state index contributed by atoms with van der Waals surface area (Å²) >= 11 is 7.37. The maximum atomic E-state index is 12.1. The normalized spacial score (nSPS) is 11.3. The van der Waals surface area contributed by atoms with Gasteiger partial charge < -0.3 is 4.98 Å². The average Bonchev–Trinajstić information content (AvgIpc) is 2.95. The van der Waals surface area contributed by atoms with Gasteiger partial charge in [0.25, 0.3) is 5.56 Å². The SMILES string of the molecule is O=c1cc(CSc2nc3ncc(Cl)cc3[nH]2)nc2ccccn12. The number of hydrogen-bond donors (Lipinski definition) is 1. The van der Waals surface area contributed by atoms with Crippen LogP contribution in [-0.2, 0) is 5.75 Å². The molecule has 4 rings (SSSR count). The van der Waals surface area contributed by atoms with E-state index in [-0.39, 0.29) is 5.56 Å². The Balaban J connectivity index is 1.61. The van der Waals surface area contributed by atoms with Crippen molar-refractivity contribution in [3.8, 4) is 0 Å². The van der Waals surface area contributed by atoms with Gasteiger partial charge in [0.1, 0.15) is 5.65 Å². The molecular weight excluding hydrogens is 334 g/mol. The molecule has 23 heavy (non-hydrogen) atoms. The van der Waals surface area contributed by atoms with Crippen LogP contribution in [-0.4, -0.2) is 24.3 Å². The first-order valence-corrected chi connectivity index (χ1v) is 8.17. The van der Waals surface area contributed by atoms with E-state index in [2.05, 4.69) is 19.9 Å². The van der Waals surface area contributed by atoms with Gasteiger partial charge in [-0.15, -0.1) is 0 Å². The number of pyridine rings is 2. The summed E-state index contributed by atoms with van der Waals surface area (Å²) in [4.78, 5) is 28.2. The minimum atomic E-state index is -0.0933. The van der Waals surface area contributed by atoms with Gasteiger partial charge in [-0.2, -0.15) is 0 Å². The fourth-order valence-corrected chi connectivity index (χ4v) is 3.16. The highest BCUT2D eigenvalue weighted by atomic mass is 35.5. The van der Waals surface area contributed by atoms with Gasteiger partial charge in [-0.1, -0.05) is 29.4 Å². The molecule has 0 aliphatic rings. The van der Waals surface area contributed by atoms with Crippen LogP contribution in [0.5, 0.6) is 0 Å². The molecule has 0 unspecified atom stereocenters. The lowest BCUT2D eigenvalue weighted by Gasteiger charge is -2.02. The molecule has 0 spiro atoms. The zero-order valence-corrected chi connectivity index (χ0v) is 13.3. The molecule has 0 saturated heterocycles. The van der Waals surface area contributed by atoms with Crippen LogP contribution >= 0.6 is 23.4 Å². The van der Waals surface area contributed by atoms with Gasteiger partial charge in [0.05, 0.1) is 16.2 Å². The maximum absolute atomic E-state index is 12.1. The van der Waals surface area contributed by atoms with Gasteiger partial charge in [0.15, 0.2) is 10.8 Å². The van der Waals surface area contributed by atoms with Crippen molar-refractivity contribution in [3.05, 3.63) is 63.8 Å². The van der Waals surface area contributed by atoms with E-state index in [1.165, 1.54) is 22.2 Å². The minimum absolute atomic E-state index is 0.0933. The Morgan fingerprint density at radius 1 is 1.26 bits per heavy atom. The number of H-pyrrole nitrogens is 1. The second-order valence-corrected chi connectivity index (χ2v) is 6.27. The van der Waals surface area contributed by atoms with Crippen molar-refractivity contribution < 1.29 is 0 Å². The lowest BCUT2D eigenvalue weighted by atomic mass is 10.4. The van der Waals surface area contributed by atoms with Crippen molar-refractivity contribution in [2.75, 3.05) is 0 Å². The van der Waals surface area contributed by atoms with Crippen LogP contribution in [0, 0.1) is 0 Å². The van der Waals surface area contributed by atoms with Crippen molar-refractivity contribution in [3.63, 3.8) is 0 Å². The van der Waals surface area contributed by atoms with Crippen LogP contribution in [0.3, 0.4) is 0 Å². The Morgan fingerprint density at radius 3 is 3.09 bits per heavy atom. The van der Waals surface area contributed by atoms with E-state index in [0.717, 1.165) is 5.52 Å². The number of aromatic amines is 1. The van der Waals surface area contributed by atoms with Crippen LogP contribution in [0.2, 0.25) is 5.02 Å². The first-order valence-electron chi connectivity index (χ1n) is 6.80. The third-order valence-electron chi connectivity index (χ3n) is 3.26. The van der Waals surface area contributed by atoms with Gasteiger partial charge in [0.2, 0.25) is 0 Å². The Morgan fingerprint density at radius 2 is 2.17 bits per heavy atom. The Labute approximate surface area is 139 Å². The molecule has 4 aromatic heterocycles. The van der Waals surface area contributed by atoms with E-state index in [0.29, 0.717) is 32.9 Å². The highest BCUT2D eigenvalue weighted by molar-refractivity contribution is 7.98. The molecule has 4 heterocycles. The number of aromatic nitrogens is 5. The number of hydrogen-bond acceptors (Lipinski definition) is 5. The number of nitrogens with one attached hydrogen (secondary N) is 1. The monoisotopic (exact) mass is 343 g/mol. The molecule has 114 valence electrons. The molecule has 4 aromatic rings. The standard InChI is InChI=1S/C15H10ClN5OS/c16-9-5-11-14(17-7-9)20-15(19-11)23-8-10-6-13(22)21-4-2-1-3-12(21)18-10/h1-7H,8H2,(H,17,19,20). The van der Waals surface area contributed by atoms with E-state index < -0.39 is 0 Å². The molecule has 6 nitrogen and oxygen atoms in total. The van der Waals surface area contributed by atoms with E-state index >= 15 is 0 Å². The van der Waals surface area contributed by atoms with E-state index in [1.54, 1.807) is 24.5 Å². The fourth-order valence-electron chi connectivity index (χ4n) is 2.24. The molecule has 0 fully saturated rings. The first-order chi connectivity index (χ1) is 11.2. The molecule has 0 aromatic carbocycles. The maximum Gasteiger partial charge on any atom is 0.258 e. The van der Waals surface area contributed by atoms with Gasteiger partial charge >= 0.3 is 0 Å². The van der Waals surface area contributed by atoms with Crippen molar-refractivity contribution in [2.24, 2.45) is 0 Å². The minimum Gasteiger partial charge on any atom is -0.331 e. The summed E-state index contributed by atoms with van der Waals surface area (Å²) in [6.45, 7) is 0. The predicted molar refractivity (Wildman–Crippen MR) is 89.9 cm³/mol. The topological polar surface area (TPSA) is 75.9 Å². The predicted octanol–water partition coefficient (Wildman–Crippen LogP) is 2.91. The van der Waals surface area contributed by atoms with Crippen LogP contribution in [0.25, 0.3) is 16.8 Å². The van der Waals surface area contributed by atoms with Crippen LogP contribution in [0.1, 0.15) is 5.69 Å². The highest BCUT2D eigenvalue weighted by Crippen LogP contribution is 2.22. The van der Waals surface area contributed by atoms with Crippen LogP contribution in [0.4, 0.5) is 0 Å².